The Labute approximate surface area is 176 Å². The van der Waals surface area contributed by atoms with Crippen molar-refractivity contribution < 1.29 is 21.6 Å². The smallest absolute Gasteiger partial charge is 0.252 e. The van der Waals surface area contributed by atoms with Gasteiger partial charge in [0.2, 0.25) is 5.91 Å². The van der Waals surface area contributed by atoms with Crippen molar-refractivity contribution >= 4 is 37.1 Å². The molecule has 0 bridgehead atoms. The number of hydrogen-bond donors (Lipinski definition) is 1. The molecule has 2 unspecified atom stereocenters. The highest BCUT2D eigenvalue weighted by atomic mass is 32.2. The number of rotatable bonds is 6. The predicted molar refractivity (Wildman–Crippen MR) is 111 cm³/mol. The number of hydrogen-bond acceptors (Lipinski definition) is 7. The lowest BCUT2D eigenvalue weighted by Crippen LogP contribution is -2.50. The highest BCUT2D eigenvalue weighted by Gasteiger charge is 2.42. The van der Waals surface area contributed by atoms with Gasteiger partial charge in [-0.15, -0.1) is 11.3 Å². The molecule has 0 spiro atoms. The minimum atomic E-state index is -3.48. The summed E-state index contributed by atoms with van der Waals surface area (Å²) in [5.41, 5.74) is 0. The van der Waals surface area contributed by atoms with Crippen molar-refractivity contribution in [3.05, 3.63) is 17.0 Å². The number of thiophene rings is 1. The first-order valence-corrected chi connectivity index (χ1v) is 14.2. The molecule has 4 rings (SSSR count). The normalized spacial score (nSPS) is 28.1. The van der Waals surface area contributed by atoms with Crippen molar-refractivity contribution in [1.82, 2.24) is 14.5 Å². The van der Waals surface area contributed by atoms with E-state index in [2.05, 4.69) is 10.2 Å². The predicted octanol–water partition coefficient (Wildman–Crippen LogP) is 0.453. The number of carbonyl (C=O) groups excluding carboxylic acids is 1. The van der Waals surface area contributed by atoms with E-state index in [9.17, 15) is 21.6 Å². The summed E-state index contributed by atoms with van der Waals surface area (Å²) < 4.78 is 51.3. The molecule has 1 amide bonds. The highest BCUT2D eigenvalue weighted by Crippen LogP contribution is 2.28. The summed E-state index contributed by atoms with van der Waals surface area (Å²) in [7, 11) is -6.64. The summed E-state index contributed by atoms with van der Waals surface area (Å²) in [6, 6.07) is 2.67. The Bertz CT molecular complexity index is 961. The van der Waals surface area contributed by atoms with Crippen LogP contribution in [0.4, 0.5) is 0 Å². The zero-order valence-electron chi connectivity index (χ0n) is 16.2. The maximum Gasteiger partial charge on any atom is 0.252 e. The summed E-state index contributed by atoms with van der Waals surface area (Å²) >= 11 is 1.12. The lowest BCUT2D eigenvalue weighted by atomic mass is 10.1. The molecule has 3 aliphatic heterocycles. The maximum absolute atomic E-state index is 12.6. The summed E-state index contributed by atoms with van der Waals surface area (Å²) in [5, 5.41) is 2.90. The van der Waals surface area contributed by atoms with Crippen LogP contribution in [0.2, 0.25) is 0 Å². The van der Waals surface area contributed by atoms with Gasteiger partial charge in [0.15, 0.2) is 9.84 Å². The topological polar surface area (TPSA) is 104 Å². The van der Waals surface area contributed by atoms with Crippen molar-refractivity contribution in [3.8, 4) is 0 Å². The first-order valence-electron chi connectivity index (χ1n) is 10.1. The van der Waals surface area contributed by atoms with Crippen LogP contribution in [0.15, 0.2) is 16.3 Å². The Morgan fingerprint density at radius 3 is 2.41 bits per heavy atom. The second-order valence-electron chi connectivity index (χ2n) is 8.07. The third kappa shape index (κ3) is 4.68. The summed E-state index contributed by atoms with van der Waals surface area (Å²) in [5.74, 6) is -0.197. The van der Waals surface area contributed by atoms with Crippen LogP contribution >= 0.6 is 11.3 Å². The van der Waals surface area contributed by atoms with Crippen LogP contribution < -0.4 is 5.32 Å². The number of carbonyl (C=O) groups is 1. The quantitative estimate of drug-likeness (QED) is 0.660. The molecule has 1 aromatic rings. The number of amides is 1. The molecule has 1 N–H and O–H groups in total. The van der Waals surface area contributed by atoms with Crippen molar-refractivity contribution in [2.45, 2.75) is 48.4 Å². The average molecular weight is 462 g/mol. The molecule has 0 aliphatic carbocycles. The Morgan fingerprint density at radius 2 is 1.72 bits per heavy atom. The Hall–Kier alpha value is -1.01. The van der Waals surface area contributed by atoms with Gasteiger partial charge in [-0.25, -0.2) is 16.8 Å². The van der Waals surface area contributed by atoms with Crippen LogP contribution in [-0.4, -0.2) is 81.7 Å². The first kappa shape index (κ1) is 21.2. The van der Waals surface area contributed by atoms with Gasteiger partial charge in [0.05, 0.1) is 24.0 Å². The number of sulfone groups is 1. The van der Waals surface area contributed by atoms with Gasteiger partial charge >= 0.3 is 0 Å². The number of likely N-dealkylation sites (tertiary alicyclic amines) is 1. The standard InChI is InChI=1S/C18H27N3O5S3/c22-17(19-15-12-28(23,24)13-16(15)20-7-1-2-8-20)11-14-5-6-18(27-14)29(25,26)21-9-3-4-10-21/h5-6,15-16H,1-4,7-13H2,(H,19,22). The van der Waals surface area contributed by atoms with Gasteiger partial charge < -0.3 is 5.32 Å². The van der Waals surface area contributed by atoms with Crippen LogP contribution in [0.3, 0.4) is 0 Å². The van der Waals surface area contributed by atoms with E-state index in [1.165, 1.54) is 4.31 Å². The van der Waals surface area contributed by atoms with Crippen molar-refractivity contribution in [2.24, 2.45) is 0 Å². The Balaban J connectivity index is 1.40. The van der Waals surface area contributed by atoms with Gasteiger partial charge in [0, 0.05) is 24.0 Å². The van der Waals surface area contributed by atoms with Crippen LogP contribution in [0, 0.1) is 0 Å². The molecule has 0 aromatic carbocycles. The summed E-state index contributed by atoms with van der Waals surface area (Å²) in [6.45, 7) is 2.83. The fraction of sp³-hybridized carbons (Fsp3) is 0.722. The van der Waals surface area contributed by atoms with Gasteiger partial charge in [-0.2, -0.15) is 4.31 Å². The molecule has 162 valence electrons. The van der Waals surface area contributed by atoms with Gasteiger partial charge in [-0.05, 0) is 50.9 Å². The minimum absolute atomic E-state index is 0.0288. The van der Waals surface area contributed by atoms with Crippen LogP contribution in [0.25, 0.3) is 0 Å². The molecule has 3 saturated heterocycles. The number of nitrogens with one attached hydrogen (secondary N) is 1. The second kappa shape index (κ2) is 8.26. The van der Waals surface area contributed by atoms with E-state index in [-0.39, 0.29) is 34.1 Å². The molecule has 4 heterocycles. The van der Waals surface area contributed by atoms with E-state index < -0.39 is 25.9 Å². The third-order valence-electron chi connectivity index (χ3n) is 5.91. The third-order valence-corrected chi connectivity index (χ3v) is 11.1. The lowest BCUT2D eigenvalue weighted by molar-refractivity contribution is -0.121. The van der Waals surface area contributed by atoms with Crippen LogP contribution in [-0.2, 0) is 31.1 Å². The van der Waals surface area contributed by atoms with Crippen LogP contribution in [0.1, 0.15) is 30.6 Å². The Kier molecular flexibility index (Phi) is 6.04. The average Bonchev–Trinajstić information content (AvgIpc) is 3.42. The zero-order valence-corrected chi connectivity index (χ0v) is 18.7. The van der Waals surface area contributed by atoms with E-state index in [0.29, 0.717) is 18.0 Å². The van der Waals surface area contributed by atoms with E-state index in [0.717, 1.165) is 50.1 Å². The molecule has 8 nitrogen and oxygen atoms in total. The molecule has 3 fully saturated rings. The molecule has 3 aliphatic rings. The van der Waals surface area contributed by atoms with Crippen molar-refractivity contribution in [2.75, 3.05) is 37.7 Å². The fourth-order valence-electron chi connectivity index (χ4n) is 4.46. The maximum atomic E-state index is 12.6. The van der Waals surface area contributed by atoms with Crippen LogP contribution in [0.5, 0.6) is 0 Å². The van der Waals surface area contributed by atoms with E-state index in [4.69, 9.17) is 0 Å². The van der Waals surface area contributed by atoms with Crippen molar-refractivity contribution in [1.29, 1.82) is 0 Å². The molecule has 0 radical (unpaired) electrons. The summed E-state index contributed by atoms with van der Waals surface area (Å²) in [4.78, 5) is 15.4. The molecular weight excluding hydrogens is 434 g/mol. The second-order valence-corrected chi connectivity index (χ2v) is 13.6. The monoisotopic (exact) mass is 461 g/mol. The lowest BCUT2D eigenvalue weighted by Gasteiger charge is -2.28. The first-order chi connectivity index (χ1) is 13.7. The molecule has 1 aromatic heterocycles. The highest BCUT2D eigenvalue weighted by molar-refractivity contribution is 7.91. The molecule has 29 heavy (non-hydrogen) atoms. The largest absolute Gasteiger partial charge is 0.350 e. The summed E-state index contributed by atoms with van der Waals surface area (Å²) in [6.07, 6.45) is 3.93. The molecule has 11 heteroatoms. The SMILES string of the molecule is O=C(Cc1ccc(S(=O)(=O)N2CCCC2)s1)NC1CS(=O)(=O)CC1N1CCCC1. The van der Waals surface area contributed by atoms with Gasteiger partial charge in [-0.3, -0.25) is 9.69 Å². The minimum Gasteiger partial charge on any atom is -0.350 e. The zero-order chi connectivity index (χ0) is 20.6. The fourth-order valence-corrected chi connectivity index (χ4v) is 9.44. The van der Waals surface area contributed by atoms with Gasteiger partial charge in [0.25, 0.3) is 10.0 Å². The molecule has 0 saturated carbocycles. The van der Waals surface area contributed by atoms with Crippen molar-refractivity contribution in [3.63, 3.8) is 0 Å². The Morgan fingerprint density at radius 1 is 1.07 bits per heavy atom. The number of nitrogens with zero attached hydrogens (tertiary/aromatic N) is 2. The van der Waals surface area contributed by atoms with Gasteiger partial charge in [-0.1, -0.05) is 0 Å². The van der Waals surface area contributed by atoms with Gasteiger partial charge in [0.1, 0.15) is 4.21 Å². The molecule has 2 atom stereocenters. The van der Waals surface area contributed by atoms with E-state index >= 15 is 0 Å². The van der Waals surface area contributed by atoms with E-state index in [1.54, 1.807) is 12.1 Å². The molecular formula is C18H27N3O5S3. The number of sulfonamides is 1. The van der Waals surface area contributed by atoms with E-state index in [1.807, 2.05) is 0 Å².